The number of nitrogens with one attached hydrogen (secondary N) is 2. The summed E-state index contributed by atoms with van der Waals surface area (Å²) in [5.74, 6) is 0. The van der Waals surface area contributed by atoms with E-state index in [-0.39, 0.29) is 10.5 Å². The summed E-state index contributed by atoms with van der Waals surface area (Å²) in [6.45, 7) is 3.52. The SMILES string of the molecule is CCC1(NC(=O)NC(c2nc(C)cs2)C(F)(F)F)CC1. The molecule has 20 heavy (non-hydrogen) atoms. The van der Waals surface area contributed by atoms with Crippen molar-refractivity contribution in [1.29, 1.82) is 0 Å². The van der Waals surface area contributed by atoms with Crippen molar-refractivity contribution in [2.45, 2.75) is 50.9 Å². The Bertz CT molecular complexity index is 496. The van der Waals surface area contributed by atoms with Crippen LogP contribution >= 0.6 is 11.3 Å². The number of halogens is 3. The first kappa shape index (κ1) is 15.1. The normalized spacial score (nSPS) is 18.4. The molecule has 2 rings (SSSR count). The summed E-state index contributed by atoms with van der Waals surface area (Å²) in [6.07, 6.45) is -2.23. The standard InChI is InChI=1S/C12H16F3N3OS/c1-3-11(4-5-11)18-10(19)17-8(12(13,14)15)9-16-7(2)6-20-9/h6,8H,3-5H2,1-2H3,(H2,17,18,19). The van der Waals surface area contributed by atoms with E-state index in [0.29, 0.717) is 12.1 Å². The summed E-state index contributed by atoms with van der Waals surface area (Å²) in [6, 6.07) is -2.85. The number of amides is 2. The minimum atomic E-state index is -4.56. The van der Waals surface area contributed by atoms with Gasteiger partial charge in [-0.25, -0.2) is 9.78 Å². The van der Waals surface area contributed by atoms with E-state index in [1.54, 1.807) is 6.92 Å². The van der Waals surface area contributed by atoms with Crippen LogP contribution in [0.1, 0.15) is 42.9 Å². The van der Waals surface area contributed by atoms with Crippen LogP contribution in [0.15, 0.2) is 5.38 Å². The molecule has 1 unspecified atom stereocenters. The Hall–Kier alpha value is -1.31. The molecule has 4 nitrogen and oxygen atoms in total. The Morgan fingerprint density at radius 1 is 1.55 bits per heavy atom. The van der Waals surface area contributed by atoms with Crippen LogP contribution in [0.2, 0.25) is 0 Å². The molecule has 1 fully saturated rings. The number of nitrogens with zero attached hydrogens (tertiary/aromatic N) is 1. The molecule has 112 valence electrons. The topological polar surface area (TPSA) is 54.0 Å². The second-order valence-corrected chi connectivity index (χ2v) is 5.92. The minimum absolute atomic E-state index is 0.147. The monoisotopic (exact) mass is 307 g/mol. The second-order valence-electron chi connectivity index (χ2n) is 5.03. The van der Waals surface area contributed by atoms with E-state index in [0.717, 1.165) is 24.2 Å². The Balaban J connectivity index is 2.07. The zero-order valence-corrected chi connectivity index (χ0v) is 12.0. The number of carbonyl (C=O) groups excluding carboxylic acids is 1. The minimum Gasteiger partial charge on any atom is -0.333 e. The van der Waals surface area contributed by atoms with Crippen LogP contribution in [0.25, 0.3) is 0 Å². The zero-order chi connectivity index (χ0) is 15.0. The number of rotatable bonds is 4. The Morgan fingerprint density at radius 3 is 2.60 bits per heavy atom. The number of hydrogen-bond acceptors (Lipinski definition) is 3. The van der Waals surface area contributed by atoms with Gasteiger partial charge in [-0.15, -0.1) is 11.3 Å². The molecule has 1 aliphatic rings. The number of hydrogen-bond donors (Lipinski definition) is 2. The van der Waals surface area contributed by atoms with Crippen LogP contribution in [0.3, 0.4) is 0 Å². The van der Waals surface area contributed by atoms with Gasteiger partial charge in [-0.2, -0.15) is 13.2 Å². The summed E-state index contributed by atoms with van der Waals surface area (Å²) in [4.78, 5) is 15.6. The average Bonchev–Trinajstić information content (AvgIpc) is 2.98. The number of urea groups is 1. The number of aromatic nitrogens is 1. The maximum absolute atomic E-state index is 13.0. The summed E-state index contributed by atoms with van der Waals surface area (Å²) in [5.41, 5.74) is 0.188. The molecule has 0 aliphatic heterocycles. The van der Waals surface area contributed by atoms with Gasteiger partial charge in [0.05, 0.1) is 0 Å². The highest BCUT2D eigenvalue weighted by Crippen LogP contribution is 2.39. The lowest BCUT2D eigenvalue weighted by Gasteiger charge is -2.22. The molecule has 1 aliphatic carbocycles. The molecule has 0 spiro atoms. The van der Waals surface area contributed by atoms with Crippen LogP contribution in [0.4, 0.5) is 18.0 Å². The Morgan fingerprint density at radius 2 is 2.20 bits per heavy atom. The number of carbonyl (C=O) groups is 1. The van der Waals surface area contributed by atoms with Crippen molar-refractivity contribution in [3.63, 3.8) is 0 Å². The third kappa shape index (κ3) is 3.41. The van der Waals surface area contributed by atoms with Gasteiger partial charge in [0, 0.05) is 16.6 Å². The van der Waals surface area contributed by atoms with Gasteiger partial charge in [0.15, 0.2) is 6.04 Å². The van der Waals surface area contributed by atoms with E-state index in [2.05, 4.69) is 10.3 Å². The van der Waals surface area contributed by atoms with Gasteiger partial charge in [-0.3, -0.25) is 0 Å². The van der Waals surface area contributed by atoms with Crippen molar-refractivity contribution in [2.24, 2.45) is 0 Å². The van der Waals surface area contributed by atoms with Crippen LogP contribution in [-0.2, 0) is 0 Å². The average molecular weight is 307 g/mol. The van der Waals surface area contributed by atoms with Crippen molar-refractivity contribution in [3.8, 4) is 0 Å². The second kappa shape index (κ2) is 5.23. The highest BCUT2D eigenvalue weighted by Gasteiger charge is 2.46. The molecule has 0 saturated heterocycles. The van der Waals surface area contributed by atoms with E-state index in [4.69, 9.17) is 0 Å². The molecular weight excluding hydrogens is 291 g/mol. The van der Waals surface area contributed by atoms with Gasteiger partial charge in [-0.05, 0) is 26.2 Å². The van der Waals surface area contributed by atoms with E-state index in [1.165, 1.54) is 5.38 Å². The lowest BCUT2D eigenvalue weighted by molar-refractivity contribution is -0.155. The third-order valence-electron chi connectivity index (χ3n) is 3.40. The third-order valence-corrected chi connectivity index (χ3v) is 4.42. The molecule has 0 radical (unpaired) electrons. The molecule has 1 aromatic rings. The summed E-state index contributed by atoms with van der Waals surface area (Å²) in [7, 11) is 0. The van der Waals surface area contributed by atoms with Gasteiger partial charge in [0.25, 0.3) is 0 Å². The lowest BCUT2D eigenvalue weighted by atomic mass is 10.2. The van der Waals surface area contributed by atoms with E-state index < -0.39 is 18.2 Å². The zero-order valence-electron chi connectivity index (χ0n) is 11.2. The first-order chi connectivity index (χ1) is 9.26. The van der Waals surface area contributed by atoms with Crippen molar-refractivity contribution in [1.82, 2.24) is 15.6 Å². The number of aryl methyl sites for hydroxylation is 1. The van der Waals surface area contributed by atoms with Crippen molar-refractivity contribution in [2.75, 3.05) is 0 Å². The molecule has 0 aromatic carbocycles. The molecule has 1 atom stereocenters. The van der Waals surface area contributed by atoms with E-state index in [9.17, 15) is 18.0 Å². The quantitative estimate of drug-likeness (QED) is 0.897. The molecule has 1 aromatic heterocycles. The maximum atomic E-state index is 13.0. The van der Waals surface area contributed by atoms with Crippen LogP contribution in [0.5, 0.6) is 0 Å². The molecule has 2 amide bonds. The smallest absolute Gasteiger partial charge is 0.333 e. The number of alkyl halides is 3. The largest absolute Gasteiger partial charge is 0.415 e. The first-order valence-electron chi connectivity index (χ1n) is 6.33. The molecular formula is C12H16F3N3OS. The molecule has 1 saturated carbocycles. The van der Waals surface area contributed by atoms with E-state index >= 15 is 0 Å². The fourth-order valence-electron chi connectivity index (χ4n) is 1.91. The fourth-order valence-corrected chi connectivity index (χ4v) is 2.78. The Labute approximate surface area is 118 Å². The van der Waals surface area contributed by atoms with Gasteiger partial charge >= 0.3 is 12.2 Å². The predicted molar refractivity (Wildman–Crippen MR) is 69.6 cm³/mol. The van der Waals surface area contributed by atoms with Crippen LogP contribution in [-0.4, -0.2) is 22.7 Å². The number of thiazole rings is 1. The Kier molecular flexibility index (Phi) is 3.95. The van der Waals surface area contributed by atoms with Gasteiger partial charge in [-0.1, -0.05) is 6.92 Å². The van der Waals surface area contributed by atoms with Crippen LogP contribution < -0.4 is 10.6 Å². The summed E-state index contributed by atoms with van der Waals surface area (Å²) >= 11 is 0.892. The van der Waals surface area contributed by atoms with Gasteiger partial charge in [0.2, 0.25) is 0 Å². The molecule has 2 N–H and O–H groups in total. The maximum Gasteiger partial charge on any atom is 0.415 e. The van der Waals surface area contributed by atoms with Crippen molar-refractivity contribution < 1.29 is 18.0 Å². The first-order valence-corrected chi connectivity index (χ1v) is 7.21. The van der Waals surface area contributed by atoms with Gasteiger partial charge < -0.3 is 10.6 Å². The fraction of sp³-hybridized carbons (Fsp3) is 0.667. The predicted octanol–water partition coefficient (Wildman–Crippen LogP) is 3.30. The molecule has 8 heteroatoms. The molecule has 0 bridgehead atoms. The molecule has 1 heterocycles. The van der Waals surface area contributed by atoms with Crippen molar-refractivity contribution in [3.05, 3.63) is 16.1 Å². The highest BCUT2D eigenvalue weighted by molar-refractivity contribution is 7.09. The highest BCUT2D eigenvalue weighted by atomic mass is 32.1. The van der Waals surface area contributed by atoms with Crippen molar-refractivity contribution >= 4 is 17.4 Å². The summed E-state index contributed by atoms with van der Waals surface area (Å²) < 4.78 is 39.1. The summed E-state index contributed by atoms with van der Waals surface area (Å²) in [5, 5.41) is 6.00. The lowest BCUT2D eigenvalue weighted by Crippen LogP contribution is -2.47. The van der Waals surface area contributed by atoms with Crippen LogP contribution in [0, 0.1) is 6.92 Å². The van der Waals surface area contributed by atoms with E-state index in [1.807, 2.05) is 12.2 Å². The van der Waals surface area contributed by atoms with Gasteiger partial charge in [0.1, 0.15) is 5.01 Å².